The summed E-state index contributed by atoms with van der Waals surface area (Å²) in [5.74, 6) is 1.37. The molecule has 0 aliphatic rings. The number of furan rings is 1. The van der Waals surface area contributed by atoms with E-state index in [0.717, 1.165) is 11.3 Å². The van der Waals surface area contributed by atoms with Crippen LogP contribution in [0.1, 0.15) is 16.9 Å². The lowest BCUT2D eigenvalue weighted by molar-refractivity contribution is 0.573. The molecule has 1 aromatic heterocycles. The van der Waals surface area contributed by atoms with Crippen molar-refractivity contribution in [3.63, 3.8) is 0 Å². The predicted molar refractivity (Wildman–Crippen MR) is 69.5 cm³/mol. The molecule has 0 saturated carbocycles. The van der Waals surface area contributed by atoms with Crippen molar-refractivity contribution in [3.05, 3.63) is 47.2 Å². The zero-order valence-corrected chi connectivity index (χ0v) is 10.1. The van der Waals surface area contributed by atoms with Crippen LogP contribution in [0.15, 0.2) is 34.7 Å². The lowest BCUT2D eigenvalue weighted by Crippen LogP contribution is -2.07. The fraction of sp³-hybridized carbons (Fsp3) is 0.154. The van der Waals surface area contributed by atoms with E-state index in [0.29, 0.717) is 5.76 Å². The van der Waals surface area contributed by atoms with Gasteiger partial charge in [-0.25, -0.2) is 0 Å². The Morgan fingerprint density at radius 3 is 2.56 bits per heavy atom. The van der Waals surface area contributed by atoms with Crippen LogP contribution in [0.2, 0.25) is 0 Å². The lowest BCUT2D eigenvalue weighted by atomic mass is 10.0. The Morgan fingerprint density at radius 2 is 1.94 bits per heavy atom. The highest BCUT2D eigenvalue weighted by Gasteiger charge is 2.09. The summed E-state index contributed by atoms with van der Waals surface area (Å²) in [7, 11) is 0. The van der Waals surface area contributed by atoms with Crippen molar-refractivity contribution in [1.29, 1.82) is 0 Å². The summed E-state index contributed by atoms with van der Waals surface area (Å²) in [6.45, 7) is 4.16. The predicted octanol–water partition coefficient (Wildman–Crippen LogP) is 3.20. The van der Waals surface area contributed by atoms with E-state index in [1.54, 1.807) is 6.07 Å². The highest BCUT2D eigenvalue weighted by atomic mass is 32.1. The zero-order chi connectivity index (χ0) is 11.7. The largest absolute Gasteiger partial charge is 0.454 e. The van der Waals surface area contributed by atoms with Crippen molar-refractivity contribution in [3.8, 4) is 11.3 Å². The molecule has 0 saturated heterocycles. The molecule has 2 N–H and O–H groups in total. The lowest BCUT2D eigenvalue weighted by Gasteiger charge is -2.05. The van der Waals surface area contributed by atoms with E-state index in [9.17, 15) is 0 Å². The van der Waals surface area contributed by atoms with Gasteiger partial charge in [-0.2, -0.15) is 0 Å². The second kappa shape index (κ2) is 4.10. The maximum absolute atomic E-state index is 5.60. The average Bonchev–Trinajstić information content (AvgIpc) is 2.71. The third-order valence-corrected chi connectivity index (χ3v) is 2.92. The van der Waals surface area contributed by atoms with Gasteiger partial charge in [-0.1, -0.05) is 30.4 Å². The minimum atomic E-state index is 0.288. The quantitative estimate of drug-likeness (QED) is 0.807. The summed E-state index contributed by atoms with van der Waals surface area (Å²) >= 11 is 4.87. The summed E-state index contributed by atoms with van der Waals surface area (Å²) in [4.78, 5) is 0.288. The molecule has 0 atom stereocenters. The van der Waals surface area contributed by atoms with Crippen LogP contribution in [0.4, 0.5) is 0 Å². The molecule has 2 aromatic rings. The minimum Gasteiger partial charge on any atom is -0.454 e. The van der Waals surface area contributed by atoms with Gasteiger partial charge >= 0.3 is 0 Å². The van der Waals surface area contributed by atoms with Gasteiger partial charge in [0, 0.05) is 5.56 Å². The van der Waals surface area contributed by atoms with Gasteiger partial charge in [-0.3, -0.25) is 0 Å². The number of aryl methyl sites for hydroxylation is 1. The van der Waals surface area contributed by atoms with Crippen molar-refractivity contribution < 1.29 is 4.42 Å². The van der Waals surface area contributed by atoms with Gasteiger partial charge in [-0.05, 0) is 37.1 Å². The molecule has 0 spiro atoms. The van der Waals surface area contributed by atoms with Crippen LogP contribution in [0.5, 0.6) is 0 Å². The second-order valence-corrected chi connectivity index (χ2v) is 4.22. The van der Waals surface area contributed by atoms with Crippen LogP contribution >= 0.6 is 12.2 Å². The first kappa shape index (κ1) is 10.9. The standard InChI is InChI=1S/C13H13NOS/c1-8-4-3-5-10(9(8)2)11-6-7-12(15-11)13(14)16/h3-7H,1-2H3,(H2,14,16). The molecule has 0 bridgehead atoms. The van der Waals surface area contributed by atoms with Gasteiger partial charge in [-0.15, -0.1) is 0 Å². The first-order valence-electron chi connectivity index (χ1n) is 5.06. The first-order valence-corrected chi connectivity index (χ1v) is 5.46. The van der Waals surface area contributed by atoms with E-state index < -0.39 is 0 Å². The molecule has 3 heteroatoms. The van der Waals surface area contributed by atoms with Crippen LogP contribution in [-0.4, -0.2) is 4.99 Å². The minimum absolute atomic E-state index is 0.288. The van der Waals surface area contributed by atoms with Gasteiger partial charge in [0.1, 0.15) is 10.7 Å². The Kier molecular flexibility index (Phi) is 2.79. The molecule has 1 aromatic carbocycles. The Morgan fingerprint density at radius 1 is 1.19 bits per heavy atom. The summed E-state index contributed by atoms with van der Waals surface area (Å²) in [5, 5.41) is 0. The Hall–Kier alpha value is -1.61. The van der Waals surface area contributed by atoms with Crippen molar-refractivity contribution in [1.82, 2.24) is 0 Å². The fourth-order valence-corrected chi connectivity index (χ4v) is 1.74. The number of hydrogen-bond donors (Lipinski definition) is 1. The van der Waals surface area contributed by atoms with E-state index in [1.807, 2.05) is 18.2 Å². The van der Waals surface area contributed by atoms with Crippen LogP contribution < -0.4 is 5.73 Å². The highest BCUT2D eigenvalue weighted by molar-refractivity contribution is 7.80. The monoisotopic (exact) mass is 231 g/mol. The van der Waals surface area contributed by atoms with Crippen molar-refractivity contribution in [2.24, 2.45) is 5.73 Å². The molecule has 0 amide bonds. The van der Waals surface area contributed by atoms with Crippen LogP contribution in [-0.2, 0) is 0 Å². The summed E-state index contributed by atoms with van der Waals surface area (Å²) in [5.41, 5.74) is 9.05. The SMILES string of the molecule is Cc1cccc(-c2ccc(C(N)=S)o2)c1C. The van der Waals surface area contributed by atoms with Crippen LogP contribution in [0.3, 0.4) is 0 Å². The number of thiocarbonyl (C=S) groups is 1. The topological polar surface area (TPSA) is 39.2 Å². The molecule has 0 aliphatic carbocycles. The zero-order valence-electron chi connectivity index (χ0n) is 9.28. The number of benzene rings is 1. The third-order valence-electron chi connectivity index (χ3n) is 2.72. The average molecular weight is 231 g/mol. The molecule has 2 rings (SSSR count). The number of hydrogen-bond acceptors (Lipinski definition) is 2. The second-order valence-electron chi connectivity index (χ2n) is 3.78. The van der Waals surface area contributed by atoms with Crippen molar-refractivity contribution in [2.45, 2.75) is 13.8 Å². The molecule has 0 radical (unpaired) electrons. The molecule has 0 unspecified atom stereocenters. The maximum atomic E-state index is 5.60. The first-order chi connectivity index (χ1) is 7.59. The van der Waals surface area contributed by atoms with E-state index in [1.165, 1.54) is 11.1 Å². The van der Waals surface area contributed by atoms with Gasteiger partial charge in [0.05, 0.1) is 0 Å². The molecular weight excluding hydrogens is 218 g/mol. The van der Waals surface area contributed by atoms with Crippen LogP contribution in [0.25, 0.3) is 11.3 Å². The van der Waals surface area contributed by atoms with Gasteiger partial charge < -0.3 is 10.2 Å². The smallest absolute Gasteiger partial charge is 0.161 e. The van der Waals surface area contributed by atoms with Crippen molar-refractivity contribution in [2.75, 3.05) is 0 Å². The summed E-state index contributed by atoms with van der Waals surface area (Å²) < 4.78 is 5.60. The number of nitrogens with two attached hydrogens (primary N) is 1. The third kappa shape index (κ3) is 1.86. The Bertz CT molecular complexity index is 543. The summed E-state index contributed by atoms with van der Waals surface area (Å²) in [6.07, 6.45) is 0. The fourth-order valence-electron chi connectivity index (χ4n) is 1.63. The normalized spacial score (nSPS) is 10.4. The van der Waals surface area contributed by atoms with E-state index in [4.69, 9.17) is 22.4 Å². The van der Waals surface area contributed by atoms with E-state index >= 15 is 0 Å². The molecule has 16 heavy (non-hydrogen) atoms. The van der Waals surface area contributed by atoms with E-state index in [2.05, 4.69) is 19.9 Å². The Labute approximate surface area is 100 Å². The van der Waals surface area contributed by atoms with Gasteiger partial charge in [0.25, 0.3) is 0 Å². The highest BCUT2D eigenvalue weighted by Crippen LogP contribution is 2.27. The van der Waals surface area contributed by atoms with E-state index in [-0.39, 0.29) is 4.99 Å². The maximum Gasteiger partial charge on any atom is 0.161 e. The molecule has 0 fully saturated rings. The molecule has 82 valence electrons. The van der Waals surface area contributed by atoms with Gasteiger partial charge in [0.15, 0.2) is 5.76 Å². The molecular formula is C13H13NOS. The molecule has 0 aliphatic heterocycles. The molecule has 1 heterocycles. The van der Waals surface area contributed by atoms with Crippen LogP contribution in [0, 0.1) is 13.8 Å². The van der Waals surface area contributed by atoms with Gasteiger partial charge in [0.2, 0.25) is 0 Å². The number of rotatable bonds is 2. The Balaban J connectivity index is 2.50. The van der Waals surface area contributed by atoms with Crippen molar-refractivity contribution >= 4 is 17.2 Å². The summed E-state index contributed by atoms with van der Waals surface area (Å²) in [6, 6.07) is 9.83. The molecule has 2 nitrogen and oxygen atoms in total.